The van der Waals surface area contributed by atoms with Gasteiger partial charge in [-0.15, -0.1) is 0 Å². The zero-order chi connectivity index (χ0) is 18.2. The Morgan fingerprint density at radius 1 is 1.04 bits per heavy atom. The van der Waals surface area contributed by atoms with Gasteiger partial charge in [0, 0.05) is 32.4 Å². The molecule has 6 nitrogen and oxygen atoms in total. The smallest absolute Gasteiger partial charge is 0.255 e. The van der Waals surface area contributed by atoms with E-state index in [9.17, 15) is 9.59 Å². The summed E-state index contributed by atoms with van der Waals surface area (Å²) in [6.45, 7) is 5.13. The highest BCUT2D eigenvalue weighted by atomic mass is 16.5. The summed E-state index contributed by atoms with van der Waals surface area (Å²) in [4.78, 5) is 31.8. The van der Waals surface area contributed by atoms with Crippen molar-refractivity contribution in [3.8, 4) is 11.6 Å². The van der Waals surface area contributed by atoms with E-state index in [1.165, 1.54) is 11.1 Å². The van der Waals surface area contributed by atoms with E-state index in [1.807, 2.05) is 44.2 Å². The maximum absolute atomic E-state index is 12.4. The average Bonchev–Trinajstić information content (AvgIpc) is 2.63. The molecule has 2 rings (SSSR count). The van der Waals surface area contributed by atoms with Crippen molar-refractivity contribution in [2.45, 2.75) is 13.8 Å². The molecule has 132 valence electrons. The van der Waals surface area contributed by atoms with Crippen molar-refractivity contribution >= 4 is 11.8 Å². The highest BCUT2D eigenvalue weighted by Crippen LogP contribution is 2.18. The Morgan fingerprint density at radius 3 is 2.28 bits per heavy atom. The first-order valence-corrected chi connectivity index (χ1v) is 8.27. The predicted octanol–water partition coefficient (Wildman–Crippen LogP) is 2.81. The molecule has 0 N–H and O–H groups in total. The number of hydrogen-bond acceptors (Lipinski definition) is 4. The number of likely N-dealkylation sites (N-methyl/N-ethyl adjacent to an activating group) is 2. The van der Waals surface area contributed by atoms with Gasteiger partial charge in [-0.25, -0.2) is 4.98 Å². The number of aromatic nitrogens is 1. The normalized spacial score (nSPS) is 10.2. The molecule has 2 aromatic rings. The lowest BCUT2D eigenvalue weighted by Gasteiger charge is -2.23. The molecule has 0 unspecified atom stereocenters. The third-order valence-corrected chi connectivity index (χ3v) is 3.78. The van der Waals surface area contributed by atoms with Crippen LogP contribution in [0.15, 0.2) is 48.7 Å². The molecular weight excluding hydrogens is 318 g/mol. The van der Waals surface area contributed by atoms with Gasteiger partial charge in [-0.3, -0.25) is 9.59 Å². The van der Waals surface area contributed by atoms with E-state index in [0.29, 0.717) is 30.3 Å². The minimum absolute atomic E-state index is 0.0444. The van der Waals surface area contributed by atoms with E-state index in [4.69, 9.17) is 4.74 Å². The van der Waals surface area contributed by atoms with Crippen LogP contribution in [0.25, 0.3) is 0 Å². The lowest BCUT2D eigenvalue weighted by atomic mass is 10.2. The van der Waals surface area contributed by atoms with Gasteiger partial charge in [0.15, 0.2) is 0 Å². The molecule has 2 amide bonds. The lowest BCUT2D eigenvalue weighted by molar-refractivity contribution is -0.131. The molecule has 0 fully saturated rings. The quantitative estimate of drug-likeness (QED) is 0.777. The van der Waals surface area contributed by atoms with Crippen LogP contribution in [0.1, 0.15) is 24.2 Å². The Hall–Kier alpha value is -2.89. The number of amides is 2. The maximum Gasteiger partial charge on any atom is 0.255 e. The molecule has 0 bridgehead atoms. The maximum atomic E-state index is 12.4. The van der Waals surface area contributed by atoms with Gasteiger partial charge in [0.05, 0.1) is 12.1 Å². The van der Waals surface area contributed by atoms with E-state index >= 15 is 0 Å². The fourth-order valence-corrected chi connectivity index (χ4v) is 2.35. The fraction of sp³-hybridized carbons (Fsp3) is 0.316. The summed E-state index contributed by atoms with van der Waals surface area (Å²) in [5.74, 6) is 0.762. The summed E-state index contributed by atoms with van der Waals surface area (Å²) in [6, 6.07) is 12.6. The predicted molar refractivity (Wildman–Crippen MR) is 95.6 cm³/mol. The number of hydrogen-bond donors (Lipinski definition) is 0. The minimum atomic E-state index is -0.251. The first-order valence-electron chi connectivity index (χ1n) is 8.27. The Labute approximate surface area is 148 Å². The molecule has 0 atom stereocenters. The molecule has 0 aliphatic carbocycles. The Morgan fingerprint density at radius 2 is 1.72 bits per heavy atom. The lowest BCUT2D eigenvalue weighted by Crippen LogP contribution is -2.41. The van der Waals surface area contributed by atoms with Gasteiger partial charge in [0.1, 0.15) is 5.75 Å². The molecule has 0 saturated heterocycles. The number of pyridine rings is 1. The number of nitrogens with zero attached hydrogens (tertiary/aromatic N) is 3. The van der Waals surface area contributed by atoms with Gasteiger partial charge in [-0.1, -0.05) is 18.2 Å². The molecule has 0 radical (unpaired) electrons. The van der Waals surface area contributed by atoms with Crippen molar-refractivity contribution in [2.24, 2.45) is 0 Å². The highest BCUT2D eigenvalue weighted by Gasteiger charge is 2.18. The van der Waals surface area contributed by atoms with Crippen molar-refractivity contribution in [1.29, 1.82) is 0 Å². The van der Waals surface area contributed by atoms with E-state index in [0.717, 1.165) is 0 Å². The number of carbonyl (C=O) groups is 2. The van der Waals surface area contributed by atoms with E-state index < -0.39 is 0 Å². The molecule has 6 heteroatoms. The average molecular weight is 341 g/mol. The Kier molecular flexibility index (Phi) is 6.51. The first kappa shape index (κ1) is 18.4. The summed E-state index contributed by atoms with van der Waals surface area (Å²) in [5.41, 5.74) is 0.412. The van der Waals surface area contributed by atoms with Crippen LogP contribution in [0.5, 0.6) is 11.6 Å². The zero-order valence-electron chi connectivity index (χ0n) is 14.8. The van der Waals surface area contributed by atoms with Gasteiger partial charge in [0.25, 0.3) is 5.91 Å². The van der Waals surface area contributed by atoms with Crippen LogP contribution in [0.2, 0.25) is 0 Å². The summed E-state index contributed by atoms with van der Waals surface area (Å²) >= 11 is 0. The summed E-state index contributed by atoms with van der Waals surface area (Å²) < 4.78 is 5.60. The third-order valence-electron chi connectivity index (χ3n) is 3.78. The van der Waals surface area contributed by atoms with Crippen LogP contribution in [0, 0.1) is 0 Å². The molecule has 0 spiro atoms. The van der Waals surface area contributed by atoms with Crippen molar-refractivity contribution < 1.29 is 14.3 Å². The molecule has 0 saturated carbocycles. The number of benzene rings is 1. The number of carbonyl (C=O) groups excluding carboxylic acids is 2. The van der Waals surface area contributed by atoms with Crippen LogP contribution in [-0.4, -0.2) is 53.3 Å². The zero-order valence-corrected chi connectivity index (χ0v) is 14.8. The first-order chi connectivity index (χ1) is 12.0. The van der Waals surface area contributed by atoms with Crippen LogP contribution in [0.3, 0.4) is 0 Å². The molecular formula is C19H23N3O3. The van der Waals surface area contributed by atoms with Crippen LogP contribution >= 0.6 is 0 Å². The topological polar surface area (TPSA) is 62.7 Å². The number of para-hydroxylation sites is 1. The second kappa shape index (κ2) is 8.82. The SMILES string of the molecule is CCN(CC)C(=O)CN(C)C(=O)c1ccc(Oc2ccccc2)nc1. The molecule has 25 heavy (non-hydrogen) atoms. The standard InChI is InChI=1S/C19H23N3O3/c1-4-22(5-2)18(23)14-21(3)19(24)15-11-12-17(20-13-15)25-16-9-7-6-8-10-16/h6-13H,4-5,14H2,1-3H3. The summed E-state index contributed by atoms with van der Waals surface area (Å²) in [6.07, 6.45) is 1.46. The summed E-state index contributed by atoms with van der Waals surface area (Å²) in [5, 5.41) is 0. The number of rotatable bonds is 7. The Bertz CT molecular complexity index is 698. The molecule has 1 aromatic carbocycles. The van der Waals surface area contributed by atoms with Crippen LogP contribution in [0.4, 0.5) is 0 Å². The van der Waals surface area contributed by atoms with Crippen LogP contribution in [-0.2, 0) is 4.79 Å². The van der Waals surface area contributed by atoms with Gasteiger partial charge in [-0.05, 0) is 32.0 Å². The van der Waals surface area contributed by atoms with Crippen molar-refractivity contribution in [1.82, 2.24) is 14.8 Å². The number of ether oxygens (including phenoxy) is 1. The fourth-order valence-electron chi connectivity index (χ4n) is 2.35. The molecule has 0 aliphatic heterocycles. The van der Waals surface area contributed by atoms with Gasteiger partial charge < -0.3 is 14.5 Å². The van der Waals surface area contributed by atoms with Crippen molar-refractivity contribution in [3.05, 3.63) is 54.2 Å². The molecule has 0 aliphatic rings. The van der Waals surface area contributed by atoms with Gasteiger partial charge >= 0.3 is 0 Å². The van der Waals surface area contributed by atoms with Gasteiger partial charge in [-0.2, -0.15) is 0 Å². The largest absolute Gasteiger partial charge is 0.439 e. The Balaban J connectivity index is 1.98. The molecule has 1 heterocycles. The molecule has 1 aromatic heterocycles. The van der Waals surface area contributed by atoms with Crippen LogP contribution < -0.4 is 4.74 Å². The summed E-state index contributed by atoms with van der Waals surface area (Å²) in [7, 11) is 1.61. The minimum Gasteiger partial charge on any atom is -0.439 e. The van der Waals surface area contributed by atoms with Crippen molar-refractivity contribution in [3.63, 3.8) is 0 Å². The van der Waals surface area contributed by atoms with Crippen molar-refractivity contribution in [2.75, 3.05) is 26.7 Å². The van der Waals surface area contributed by atoms with E-state index in [2.05, 4.69) is 4.98 Å². The monoisotopic (exact) mass is 341 g/mol. The van der Waals surface area contributed by atoms with Gasteiger partial charge in [0.2, 0.25) is 11.8 Å². The highest BCUT2D eigenvalue weighted by molar-refractivity contribution is 5.96. The second-order valence-corrected chi connectivity index (χ2v) is 5.53. The third kappa shape index (κ3) is 5.04. The second-order valence-electron chi connectivity index (χ2n) is 5.53. The van der Waals surface area contributed by atoms with E-state index in [1.54, 1.807) is 24.1 Å². The van der Waals surface area contributed by atoms with E-state index in [-0.39, 0.29) is 18.4 Å².